The Morgan fingerprint density at radius 2 is 2.38 bits per heavy atom. The van der Waals surface area contributed by atoms with E-state index < -0.39 is 0 Å². The van der Waals surface area contributed by atoms with Gasteiger partial charge in [-0.1, -0.05) is 0 Å². The first kappa shape index (κ1) is 12.4. The maximum atomic E-state index is 9.18. The maximum absolute atomic E-state index is 9.18. The van der Waals surface area contributed by atoms with E-state index in [-0.39, 0.29) is 5.41 Å². The quantitative estimate of drug-likeness (QED) is 0.848. The molecule has 0 radical (unpaired) electrons. The number of hydrogen-bond donors (Lipinski definition) is 2. The van der Waals surface area contributed by atoms with E-state index in [1.807, 2.05) is 0 Å². The molecular weight excluding hydrogens is 290 g/mol. The summed E-state index contributed by atoms with van der Waals surface area (Å²) in [4.78, 5) is 1.25. The van der Waals surface area contributed by atoms with Gasteiger partial charge in [-0.25, -0.2) is 0 Å². The van der Waals surface area contributed by atoms with Crippen molar-refractivity contribution in [3.05, 3.63) is 15.4 Å². The molecule has 2 rings (SSSR count). The molecule has 0 amide bonds. The lowest BCUT2D eigenvalue weighted by Crippen LogP contribution is -2.25. The summed E-state index contributed by atoms with van der Waals surface area (Å²) in [5, 5.41) is 13.5. The Kier molecular flexibility index (Phi) is 3.89. The summed E-state index contributed by atoms with van der Waals surface area (Å²) < 4.78 is 6.22. The molecule has 1 heterocycles. The molecular formula is C11H16BrNO2S. The highest BCUT2D eigenvalue weighted by Gasteiger charge is 2.41. The van der Waals surface area contributed by atoms with Crippen LogP contribution in [0.1, 0.15) is 17.7 Å². The summed E-state index contributed by atoms with van der Waals surface area (Å²) in [6.07, 6.45) is 2.29. The minimum atomic E-state index is 0.179. The average molecular weight is 306 g/mol. The van der Waals surface area contributed by atoms with E-state index in [0.717, 1.165) is 35.5 Å². The van der Waals surface area contributed by atoms with Crippen LogP contribution in [0.2, 0.25) is 0 Å². The first-order chi connectivity index (χ1) is 7.69. The SMILES string of the molecule is COc1sc(CNCC2(CO)CC2)cc1Br. The molecule has 1 saturated carbocycles. The molecule has 1 aromatic rings. The summed E-state index contributed by atoms with van der Waals surface area (Å²) in [6.45, 7) is 2.05. The van der Waals surface area contributed by atoms with Gasteiger partial charge < -0.3 is 15.2 Å². The third kappa shape index (κ3) is 2.77. The Morgan fingerprint density at radius 1 is 1.62 bits per heavy atom. The standard InChI is InChI=1S/C11H16BrNO2S/c1-15-10-9(12)4-8(16-10)5-13-6-11(7-14)2-3-11/h4,13-14H,2-3,5-7H2,1H3. The van der Waals surface area contributed by atoms with Crippen molar-refractivity contribution in [2.75, 3.05) is 20.3 Å². The van der Waals surface area contributed by atoms with Crippen LogP contribution in [0, 0.1) is 5.41 Å². The number of hydrogen-bond acceptors (Lipinski definition) is 4. The van der Waals surface area contributed by atoms with Crippen LogP contribution < -0.4 is 10.1 Å². The van der Waals surface area contributed by atoms with E-state index in [1.165, 1.54) is 4.88 Å². The second-order valence-corrected chi connectivity index (χ2v) is 6.27. The fourth-order valence-corrected chi connectivity index (χ4v) is 3.30. The van der Waals surface area contributed by atoms with Crippen molar-refractivity contribution in [1.82, 2.24) is 5.32 Å². The molecule has 2 N–H and O–H groups in total. The molecule has 0 spiro atoms. The van der Waals surface area contributed by atoms with Crippen LogP contribution >= 0.6 is 27.3 Å². The molecule has 5 heteroatoms. The third-order valence-electron chi connectivity index (χ3n) is 2.98. The van der Waals surface area contributed by atoms with Crippen LogP contribution in [0.5, 0.6) is 5.06 Å². The molecule has 16 heavy (non-hydrogen) atoms. The number of halogens is 1. The number of methoxy groups -OCH3 is 1. The Bertz CT molecular complexity index is 363. The molecule has 1 aliphatic rings. The lowest BCUT2D eigenvalue weighted by molar-refractivity contribution is 0.207. The van der Waals surface area contributed by atoms with Gasteiger partial charge in [0.1, 0.15) is 0 Å². The van der Waals surface area contributed by atoms with Crippen molar-refractivity contribution in [3.8, 4) is 5.06 Å². The van der Waals surface area contributed by atoms with Gasteiger partial charge in [-0.2, -0.15) is 0 Å². The highest BCUT2D eigenvalue weighted by molar-refractivity contribution is 9.10. The molecule has 0 aliphatic heterocycles. The van der Waals surface area contributed by atoms with Crippen LogP contribution in [0.25, 0.3) is 0 Å². The van der Waals surface area contributed by atoms with Crippen molar-refractivity contribution < 1.29 is 9.84 Å². The molecule has 1 aliphatic carbocycles. The second-order valence-electron chi connectivity index (χ2n) is 4.31. The highest BCUT2D eigenvalue weighted by atomic mass is 79.9. The number of aliphatic hydroxyl groups is 1. The largest absolute Gasteiger partial charge is 0.486 e. The molecule has 0 saturated heterocycles. The van der Waals surface area contributed by atoms with E-state index in [2.05, 4.69) is 27.3 Å². The van der Waals surface area contributed by atoms with E-state index in [9.17, 15) is 5.11 Å². The fourth-order valence-electron chi connectivity index (χ4n) is 1.64. The van der Waals surface area contributed by atoms with Crippen LogP contribution in [-0.2, 0) is 6.54 Å². The van der Waals surface area contributed by atoms with Crippen molar-refractivity contribution in [1.29, 1.82) is 0 Å². The Balaban J connectivity index is 1.81. The van der Waals surface area contributed by atoms with Crippen molar-refractivity contribution in [2.45, 2.75) is 19.4 Å². The van der Waals surface area contributed by atoms with Gasteiger partial charge in [0.25, 0.3) is 0 Å². The number of rotatable bonds is 6. The van der Waals surface area contributed by atoms with Gasteiger partial charge in [-0.05, 0) is 34.8 Å². The molecule has 3 nitrogen and oxygen atoms in total. The van der Waals surface area contributed by atoms with Gasteiger partial charge in [0.15, 0.2) is 5.06 Å². The first-order valence-corrected chi connectivity index (χ1v) is 6.94. The molecule has 90 valence electrons. The van der Waals surface area contributed by atoms with Gasteiger partial charge >= 0.3 is 0 Å². The molecule has 1 fully saturated rings. The number of thiophene rings is 1. The minimum absolute atomic E-state index is 0.179. The summed E-state index contributed by atoms with van der Waals surface area (Å²) in [5.41, 5.74) is 0.179. The van der Waals surface area contributed by atoms with Crippen molar-refractivity contribution >= 4 is 27.3 Å². The third-order valence-corrected chi connectivity index (χ3v) is 4.93. The van der Waals surface area contributed by atoms with Crippen molar-refractivity contribution in [3.63, 3.8) is 0 Å². The van der Waals surface area contributed by atoms with Gasteiger partial charge in [-0.3, -0.25) is 0 Å². The number of nitrogens with one attached hydrogen (secondary N) is 1. The predicted octanol–water partition coefficient (Wildman–Crippen LogP) is 2.38. The summed E-state index contributed by atoms with van der Waals surface area (Å²) >= 11 is 5.10. The molecule has 0 bridgehead atoms. The maximum Gasteiger partial charge on any atom is 0.188 e. The Hall–Kier alpha value is -0.100. The molecule has 0 atom stereocenters. The summed E-state index contributed by atoms with van der Waals surface area (Å²) in [7, 11) is 1.68. The normalized spacial score (nSPS) is 17.4. The molecule has 0 unspecified atom stereocenters. The lowest BCUT2D eigenvalue weighted by atomic mass is 10.1. The second kappa shape index (κ2) is 5.04. The van der Waals surface area contributed by atoms with Gasteiger partial charge in [0.2, 0.25) is 0 Å². The summed E-state index contributed by atoms with van der Waals surface area (Å²) in [6, 6.07) is 2.08. The summed E-state index contributed by atoms with van der Waals surface area (Å²) in [5.74, 6) is 0. The topological polar surface area (TPSA) is 41.5 Å². The van der Waals surface area contributed by atoms with E-state index >= 15 is 0 Å². The molecule has 0 aromatic carbocycles. The number of ether oxygens (including phenoxy) is 1. The predicted molar refractivity (Wildman–Crippen MR) is 69.0 cm³/mol. The van der Waals surface area contributed by atoms with Crippen LogP contribution in [0.15, 0.2) is 10.5 Å². The monoisotopic (exact) mass is 305 g/mol. The van der Waals surface area contributed by atoms with Gasteiger partial charge in [0.05, 0.1) is 11.6 Å². The van der Waals surface area contributed by atoms with E-state index in [1.54, 1.807) is 18.4 Å². The van der Waals surface area contributed by atoms with Gasteiger partial charge in [0, 0.05) is 30.0 Å². The smallest absolute Gasteiger partial charge is 0.188 e. The Morgan fingerprint density at radius 3 is 2.88 bits per heavy atom. The van der Waals surface area contributed by atoms with E-state index in [0.29, 0.717) is 6.61 Å². The molecule has 1 aromatic heterocycles. The number of aliphatic hydroxyl groups excluding tert-OH is 1. The minimum Gasteiger partial charge on any atom is -0.486 e. The van der Waals surface area contributed by atoms with E-state index in [4.69, 9.17) is 4.74 Å². The van der Waals surface area contributed by atoms with Crippen LogP contribution in [0.4, 0.5) is 0 Å². The van der Waals surface area contributed by atoms with Crippen LogP contribution in [-0.4, -0.2) is 25.4 Å². The fraction of sp³-hybridized carbons (Fsp3) is 0.636. The zero-order valence-corrected chi connectivity index (χ0v) is 11.7. The lowest BCUT2D eigenvalue weighted by Gasteiger charge is -2.11. The van der Waals surface area contributed by atoms with Crippen molar-refractivity contribution in [2.24, 2.45) is 5.41 Å². The zero-order chi connectivity index (χ0) is 11.6. The van der Waals surface area contributed by atoms with Crippen LogP contribution in [0.3, 0.4) is 0 Å². The Labute approximate surface area is 108 Å². The average Bonchev–Trinajstić information content (AvgIpc) is 2.97. The van der Waals surface area contributed by atoms with Gasteiger partial charge in [-0.15, -0.1) is 11.3 Å². The first-order valence-electron chi connectivity index (χ1n) is 5.33. The zero-order valence-electron chi connectivity index (χ0n) is 9.25. The highest BCUT2D eigenvalue weighted by Crippen LogP contribution is 2.44.